The molecule has 0 saturated carbocycles. The number of para-hydroxylation sites is 1. The van der Waals surface area contributed by atoms with Crippen molar-refractivity contribution in [1.29, 1.82) is 0 Å². The van der Waals surface area contributed by atoms with Gasteiger partial charge >= 0.3 is 6.18 Å². The van der Waals surface area contributed by atoms with E-state index in [0.29, 0.717) is 11.2 Å². The van der Waals surface area contributed by atoms with Crippen molar-refractivity contribution in [2.75, 3.05) is 13.1 Å². The van der Waals surface area contributed by atoms with Crippen molar-refractivity contribution in [3.63, 3.8) is 0 Å². The van der Waals surface area contributed by atoms with Gasteiger partial charge in [0.05, 0.1) is 11.2 Å². The summed E-state index contributed by atoms with van der Waals surface area (Å²) in [4.78, 5) is 7.48. The molecule has 0 radical (unpaired) electrons. The second kappa shape index (κ2) is 5.97. The van der Waals surface area contributed by atoms with Crippen LogP contribution in [0.4, 0.5) is 13.2 Å². The molecule has 1 aliphatic rings. The van der Waals surface area contributed by atoms with Crippen LogP contribution in [-0.4, -0.2) is 23.1 Å². The number of nitrogens with one attached hydrogen (secondary N) is 1. The highest BCUT2D eigenvalue weighted by molar-refractivity contribution is 5.81. The molecule has 3 rings (SSSR count). The molecule has 1 saturated heterocycles. The van der Waals surface area contributed by atoms with Crippen LogP contribution in [0.3, 0.4) is 0 Å². The molecule has 0 aliphatic carbocycles. The van der Waals surface area contributed by atoms with Gasteiger partial charge in [-0.2, -0.15) is 13.2 Å². The number of fused-ring (bicyclic) bond motifs is 1. The van der Waals surface area contributed by atoms with Crippen LogP contribution in [0.25, 0.3) is 10.9 Å². The first kappa shape index (κ1) is 15.7. The minimum Gasteiger partial charge on any atom is -0.317 e. The Morgan fingerprint density at radius 2 is 1.71 bits per heavy atom. The lowest BCUT2D eigenvalue weighted by atomic mass is 9.92. The number of alkyl halides is 3. The lowest BCUT2D eigenvalue weighted by Gasteiger charge is -2.23. The van der Waals surface area contributed by atoms with Gasteiger partial charge in [-0.1, -0.05) is 25.6 Å². The third-order valence-corrected chi connectivity index (χ3v) is 3.61. The summed E-state index contributed by atoms with van der Waals surface area (Å²) >= 11 is 0. The van der Waals surface area contributed by atoms with E-state index in [-0.39, 0.29) is 13.3 Å². The summed E-state index contributed by atoms with van der Waals surface area (Å²) < 4.78 is 38.8. The fourth-order valence-electron chi connectivity index (χ4n) is 2.63. The molecule has 1 fully saturated rings. The van der Waals surface area contributed by atoms with Crippen LogP contribution < -0.4 is 5.32 Å². The Balaban J connectivity index is 0.00000161. The summed E-state index contributed by atoms with van der Waals surface area (Å²) in [5, 5.41) is 3.94. The highest BCUT2D eigenvalue weighted by Gasteiger charge is 2.36. The van der Waals surface area contributed by atoms with Gasteiger partial charge in [0.25, 0.3) is 0 Å². The van der Waals surface area contributed by atoms with E-state index in [9.17, 15) is 13.2 Å². The summed E-state index contributed by atoms with van der Waals surface area (Å²) in [5.74, 6) is -0.977. The van der Waals surface area contributed by atoms with Crippen molar-refractivity contribution < 1.29 is 13.2 Å². The number of aromatic nitrogens is 2. The summed E-state index contributed by atoms with van der Waals surface area (Å²) in [7, 11) is 0. The van der Waals surface area contributed by atoms with Gasteiger partial charge in [-0.05, 0) is 32.0 Å². The molecule has 0 amide bonds. The fraction of sp³-hybridized carbons (Fsp3) is 0.467. The topological polar surface area (TPSA) is 37.8 Å². The molecular formula is C15H18F3N3. The highest BCUT2D eigenvalue weighted by Crippen LogP contribution is 2.33. The third kappa shape index (κ3) is 3.15. The van der Waals surface area contributed by atoms with E-state index in [1.807, 2.05) is 6.07 Å². The van der Waals surface area contributed by atoms with Crippen molar-refractivity contribution in [2.24, 2.45) is 0 Å². The second-order valence-corrected chi connectivity index (χ2v) is 4.97. The molecule has 2 aromatic rings. The number of rotatable bonds is 1. The minimum atomic E-state index is -4.51. The van der Waals surface area contributed by atoms with Crippen molar-refractivity contribution in [3.8, 4) is 0 Å². The minimum absolute atomic E-state index is 0. The summed E-state index contributed by atoms with van der Waals surface area (Å²) in [6.07, 6.45) is -2.90. The molecule has 114 valence electrons. The Morgan fingerprint density at radius 1 is 1.05 bits per heavy atom. The fourth-order valence-corrected chi connectivity index (χ4v) is 2.63. The van der Waals surface area contributed by atoms with Gasteiger partial charge in [0.15, 0.2) is 0 Å². The molecule has 21 heavy (non-hydrogen) atoms. The maximum atomic E-state index is 12.9. The van der Waals surface area contributed by atoms with E-state index in [4.69, 9.17) is 0 Å². The Kier molecular flexibility index (Phi) is 4.46. The van der Waals surface area contributed by atoms with Gasteiger partial charge in [0.2, 0.25) is 5.82 Å². The second-order valence-electron chi connectivity index (χ2n) is 4.97. The maximum Gasteiger partial charge on any atom is 0.451 e. The standard InChI is InChI=1S/C14H14F3N3.CH4/c15-14(16,17)13-19-11-4-2-1-3-10(11)12(20-13)9-5-7-18-8-6-9;/h1-4,9,18H,5-8H2;1H4. The lowest BCUT2D eigenvalue weighted by molar-refractivity contribution is -0.144. The largest absolute Gasteiger partial charge is 0.451 e. The molecule has 1 aromatic heterocycles. The molecule has 1 N–H and O–H groups in total. The zero-order valence-corrected chi connectivity index (χ0v) is 10.7. The Bertz CT molecular complexity index is 619. The van der Waals surface area contributed by atoms with Crippen LogP contribution in [-0.2, 0) is 6.18 Å². The van der Waals surface area contributed by atoms with Gasteiger partial charge in [-0.25, -0.2) is 9.97 Å². The summed E-state index contributed by atoms with van der Waals surface area (Å²) in [5.41, 5.74) is 0.896. The van der Waals surface area contributed by atoms with Gasteiger partial charge in [-0.3, -0.25) is 0 Å². The predicted molar refractivity (Wildman–Crippen MR) is 76.1 cm³/mol. The first-order valence-electron chi connectivity index (χ1n) is 6.60. The summed E-state index contributed by atoms with van der Waals surface area (Å²) in [6.45, 7) is 1.62. The maximum absolute atomic E-state index is 12.9. The number of piperidine rings is 1. The molecule has 0 spiro atoms. The first-order valence-corrected chi connectivity index (χ1v) is 6.60. The third-order valence-electron chi connectivity index (χ3n) is 3.61. The van der Waals surface area contributed by atoms with Gasteiger partial charge < -0.3 is 5.32 Å². The average molecular weight is 297 g/mol. The number of hydrogen-bond donors (Lipinski definition) is 1. The highest BCUT2D eigenvalue weighted by atomic mass is 19.4. The zero-order chi connectivity index (χ0) is 14.2. The van der Waals surface area contributed by atoms with E-state index >= 15 is 0 Å². The average Bonchev–Trinajstić information content (AvgIpc) is 2.46. The molecule has 6 heteroatoms. The van der Waals surface area contributed by atoms with Crippen molar-refractivity contribution in [1.82, 2.24) is 15.3 Å². The quantitative estimate of drug-likeness (QED) is 0.871. The Labute approximate surface area is 121 Å². The van der Waals surface area contributed by atoms with E-state index in [1.165, 1.54) is 0 Å². The predicted octanol–water partition coefficient (Wildman–Crippen LogP) is 3.75. The summed E-state index contributed by atoms with van der Waals surface area (Å²) in [6, 6.07) is 6.91. The number of hydrogen-bond acceptors (Lipinski definition) is 3. The molecule has 1 aliphatic heterocycles. The van der Waals surface area contributed by atoms with Crippen LogP contribution in [0.2, 0.25) is 0 Å². The van der Waals surface area contributed by atoms with Crippen LogP contribution >= 0.6 is 0 Å². The van der Waals surface area contributed by atoms with Crippen LogP contribution in [0, 0.1) is 0 Å². The van der Waals surface area contributed by atoms with Gasteiger partial charge in [0, 0.05) is 11.3 Å². The first-order chi connectivity index (χ1) is 9.55. The lowest BCUT2D eigenvalue weighted by Crippen LogP contribution is -2.27. The number of benzene rings is 1. The van der Waals surface area contributed by atoms with Crippen molar-refractivity contribution in [2.45, 2.75) is 32.4 Å². The molecule has 2 heterocycles. The molecule has 1 aromatic carbocycles. The van der Waals surface area contributed by atoms with E-state index in [2.05, 4.69) is 15.3 Å². The number of nitrogens with zero attached hydrogens (tertiary/aromatic N) is 2. The normalized spacial score (nSPS) is 16.7. The molecule has 0 atom stereocenters. The SMILES string of the molecule is C.FC(F)(F)c1nc(C2CCNCC2)c2ccccc2n1. The van der Waals surface area contributed by atoms with Crippen LogP contribution in [0.15, 0.2) is 24.3 Å². The zero-order valence-electron chi connectivity index (χ0n) is 10.7. The van der Waals surface area contributed by atoms with Crippen molar-refractivity contribution in [3.05, 3.63) is 35.8 Å². The monoisotopic (exact) mass is 297 g/mol. The number of halogens is 3. The van der Waals surface area contributed by atoms with Crippen LogP contribution in [0.1, 0.15) is 37.7 Å². The van der Waals surface area contributed by atoms with E-state index in [1.54, 1.807) is 18.2 Å². The van der Waals surface area contributed by atoms with Gasteiger partial charge in [-0.15, -0.1) is 0 Å². The Hall–Kier alpha value is -1.69. The molecule has 0 bridgehead atoms. The molecule has 3 nitrogen and oxygen atoms in total. The molecule has 0 unspecified atom stereocenters. The van der Waals surface area contributed by atoms with Gasteiger partial charge in [0.1, 0.15) is 0 Å². The Morgan fingerprint density at radius 3 is 2.38 bits per heavy atom. The van der Waals surface area contributed by atoms with E-state index in [0.717, 1.165) is 31.3 Å². The van der Waals surface area contributed by atoms with E-state index < -0.39 is 12.0 Å². The smallest absolute Gasteiger partial charge is 0.317 e. The van der Waals surface area contributed by atoms with Crippen LogP contribution in [0.5, 0.6) is 0 Å². The van der Waals surface area contributed by atoms with Crippen molar-refractivity contribution >= 4 is 10.9 Å². The molecular weight excluding hydrogens is 279 g/mol.